The molecule has 4 rings (SSSR count). The lowest BCUT2D eigenvalue weighted by atomic mass is 9.72. The van der Waals surface area contributed by atoms with Crippen molar-refractivity contribution >= 4 is 5.97 Å². The van der Waals surface area contributed by atoms with Crippen molar-refractivity contribution in [3.05, 3.63) is 53.8 Å². The summed E-state index contributed by atoms with van der Waals surface area (Å²) in [6.07, 6.45) is -0.624. The minimum absolute atomic E-state index is 0.0492. The van der Waals surface area contributed by atoms with E-state index in [0.29, 0.717) is 30.3 Å². The van der Waals surface area contributed by atoms with Crippen molar-refractivity contribution in [2.75, 3.05) is 13.2 Å². The third-order valence-electron chi connectivity index (χ3n) is 6.05. The Bertz CT molecular complexity index is 942. The lowest BCUT2D eigenvalue weighted by molar-refractivity contribution is -0.192. The van der Waals surface area contributed by atoms with E-state index in [9.17, 15) is 14.3 Å². The number of benzene rings is 2. The monoisotopic (exact) mass is 430 g/mol. The van der Waals surface area contributed by atoms with Crippen LogP contribution >= 0.6 is 0 Å². The Hall–Kier alpha value is -2.80. The van der Waals surface area contributed by atoms with Crippen LogP contribution in [0.1, 0.15) is 38.9 Å². The molecule has 0 aromatic heterocycles. The first-order chi connectivity index (χ1) is 14.8. The van der Waals surface area contributed by atoms with E-state index >= 15 is 0 Å². The molecule has 2 aliphatic rings. The molecule has 0 aliphatic carbocycles. The molecule has 1 fully saturated rings. The number of fused-ring (bicyclic) bond motifs is 3. The standard InChI is InChI=1S/C24H27FO6/c1-4-28-16-9-10-20-17(11-16)22-19(24(2,3)31-20)12-18(23(26)27)21(30-22)13-29-15-7-5-14(25)6-8-15/h5-11,18-19,21-22H,4,12-13H2,1-3H3,(H,26,27)/t18-,19-,21-,22+/m0/s1. The number of carboxylic acids is 1. The van der Waals surface area contributed by atoms with Gasteiger partial charge >= 0.3 is 5.97 Å². The number of halogens is 1. The van der Waals surface area contributed by atoms with E-state index in [0.717, 1.165) is 5.56 Å². The quantitative estimate of drug-likeness (QED) is 0.721. The molecule has 2 aliphatic heterocycles. The topological polar surface area (TPSA) is 74.2 Å². The van der Waals surface area contributed by atoms with Crippen LogP contribution in [0.4, 0.5) is 4.39 Å². The van der Waals surface area contributed by atoms with E-state index in [-0.39, 0.29) is 24.4 Å². The highest BCUT2D eigenvalue weighted by Gasteiger charge is 2.52. The summed E-state index contributed by atoms with van der Waals surface area (Å²) in [5.74, 6) is -0.314. The first-order valence-electron chi connectivity index (χ1n) is 10.5. The smallest absolute Gasteiger partial charge is 0.309 e. The van der Waals surface area contributed by atoms with Gasteiger partial charge in [-0.1, -0.05) is 0 Å². The molecule has 0 spiro atoms. The fourth-order valence-electron chi connectivity index (χ4n) is 4.45. The van der Waals surface area contributed by atoms with Gasteiger partial charge in [-0.05, 0) is 69.7 Å². The second-order valence-corrected chi connectivity index (χ2v) is 8.49. The average molecular weight is 430 g/mol. The maximum absolute atomic E-state index is 13.2. The number of ether oxygens (including phenoxy) is 4. The molecule has 2 aromatic rings. The molecule has 0 bridgehead atoms. The largest absolute Gasteiger partial charge is 0.494 e. The number of hydrogen-bond donors (Lipinski definition) is 1. The van der Waals surface area contributed by atoms with Crippen LogP contribution in [-0.2, 0) is 9.53 Å². The summed E-state index contributed by atoms with van der Waals surface area (Å²) in [4.78, 5) is 12.0. The second-order valence-electron chi connectivity index (χ2n) is 8.49. The first kappa shape index (κ1) is 21.4. The molecule has 2 heterocycles. The van der Waals surface area contributed by atoms with Crippen LogP contribution in [0.3, 0.4) is 0 Å². The highest BCUT2D eigenvalue weighted by molar-refractivity contribution is 5.71. The molecule has 0 radical (unpaired) electrons. The molecule has 6 nitrogen and oxygen atoms in total. The fraction of sp³-hybridized carbons (Fsp3) is 0.458. The predicted octanol–water partition coefficient (Wildman–Crippen LogP) is 4.62. The SMILES string of the molecule is CCOc1ccc2c(c1)[C@H]1O[C@@H](COc3ccc(F)cc3)[C@@H](C(=O)O)C[C@@H]1C(C)(C)O2. The Morgan fingerprint density at radius 2 is 1.87 bits per heavy atom. The van der Waals surface area contributed by atoms with Crippen LogP contribution in [-0.4, -0.2) is 36.0 Å². The number of aliphatic carboxylic acids is 1. The molecular formula is C24H27FO6. The van der Waals surface area contributed by atoms with E-state index in [1.165, 1.54) is 24.3 Å². The van der Waals surface area contributed by atoms with Crippen molar-refractivity contribution in [3.63, 3.8) is 0 Å². The molecule has 0 saturated carbocycles. The third-order valence-corrected chi connectivity index (χ3v) is 6.05. The lowest BCUT2D eigenvalue weighted by Crippen LogP contribution is -2.53. The molecule has 1 saturated heterocycles. The van der Waals surface area contributed by atoms with E-state index in [1.807, 2.05) is 39.0 Å². The number of carbonyl (C=O) groups is 1. The highest BCUT2D eigenvalue weighted by atomic mass is 19.1. The zero-order valence-electron chi connectivity index (χ0n) is 17.8. The van der Waals surface area contributed by atoms with Crippen molar-refractivity contribution < 1.29 is 33.2 Å². The van der Waals surface area contributed by atoms with Crippen LogP contribution in [0.15, 0.2) is 42.5 Å². The van der Waals surface area contributed by atoms with Crippen molar-refractivity contribution in [1.29, 1.82) is 0 Å². The molecule has 2 aromatic carbocycles. The Balaban J connectivity index is 1.62. The van der Waals surface area contributed by atoms with Gasteiger partial charge in [0.1, 0.15) is 41.4 Å². The van der Waals surface area contributed by atoms with Crippen LogP contribution in [0.2, 0.25) is 0 Å². The summed E-state index contributed by atoms with van der Waals surface area (Å²) in [6, 6.07) is 11.3. The second kappa shape index (κ2) is 8.38. The van der Waals surface area contributed by atoms with Gasteiger partial charge in [-0.3, -0.25) is 4.79 Å². The Labute approximate surface area is 180 Å². The fourth-order valence-corrected chi connectivity index (χ4v) is 4.45. The van der Waals surface area contributed by atoms with Crippen molar-refractivity contribution in [1.82, 2.24) is 0 Å². The average Bonchev–Trinajstić information content (AvgIpc) is 2.73. The van der Waals surface area contributed by atoms with Gasteiger partial charge in [0, 0.05) is 11.5 Å². The molecular weight excluding hydrogens is 403 g/mol. The van der Waals surface area contributed by atoms with Crippen LogP contribution in [0.25, 0.3) is 0 Å². The maximum Gasteiger partial charge on any atom is 0.309 e. The van der Waals surface area contributed by atoms with Gasteiger partial charge in [0.25, 0.3) is 0 Å². The Kier molecular flexibility index (Phi) is 5.79. The molecule has 1 N–H and O–H groups in total. The Morgan fingerprint density at radius 3 is 2.55 bits per heavy atom. The molecule has 166 valence electrons. The van der Waals surface area contributed by atoms with Gasteiger partial charge in [-0.15, -0.1) is 0 Å². The summed E-state index contributed by atoms with van der Waals surface area (Å²) in [7, 11) is 0. The summed E-state index contributed by atoms with van der Waals surface area (Å²) in [5, 5.41) is 9.87. The number of hydrogen-bond acceptors (Lipinski definition) is 5. The van der Waals surface area contributed by atoms with Crippen molar-refractivity contribution in [3.8, 4) is 17.2 Å². The molecule has 7 heteroatoms. The summed E-state index contributed by atoms with van der Waals surface area (Å²) in [5.41, 5.74) is 0.257. The van der Waals surface area contributed by atoms with Gasteiger partial charge in [-0.25, -0.2) is 4.39 Å². The zero-order valence-corrected chi connectivity index (χ0v) is 17.8. The van der Waals surface area contributed by atoms with Gasteiger partial charge in [0.05, 0.1) is 18.6 Å². The number of carboxylic acid groups (broad SMARTS) is 1. The minimum Gasteiger partial charge on any atom is -0.494 e. The third kappa shape index (κ3) is 4.32. The van der Waals surface area contributed by atoms with Gasteiger partial charge in [0.15, 0.2) is 0 Å². The summed E-state index contributed by atoms with van der Waals surface area (Å²) in [6.45, 7) is 6.42. The minimum atomic E-state index is -0.934. The van der Waals surface area contributed by atoms with Gasteiger partial charge in [0.2, 0.25) is 0 Å². The van der Waals surface area contributed by atoms with E-state index < -0.39 is 23.6 Å². The van der Waals surface area contributed by atoms with Crippen LogP contribution < -0.4 is 14.2 Å². The van der Waals surface area contributed by atoms with E-state index in [1.54, 1.807) is 0 Å². The van der Waals surface area contributed by atoms with Crippen molar-refractivity contribution in [2.45, 2.75) is 45.0 Å². The van der Waals surface area contributed by atoms with E-state index in [2.05, 4.69) is 0 Å². The van der Waals surface area contributed by atoms with E-state index in [4.69, 9.17) is 18.9 Å². The summed E-state index contributed by atoms with van der Waals surface area (Å²) < 4.78 is 37.2. The number of rotatable bonds is 6. The normalized spacial score (nSPS) is 26.2. The van der Waals surface area contributed by atoms with Crippen LogP contribution in [0, 0.1) is 17.7 Å². The van der Waals surface area contributed by atoms with Gasteiger partial charge < -0.3 is 24.1 Å². The highest BCUT2D eigenvalue weighted by Crippen LogP contribution is 2.52. The Morgan fingerprint density at radius 1 is 1.16 bits per heavy atom. The molecule has 31 heavy (non-hydrogen) atoms. The molecule has 4 atom stereocenters. The first-order valence-corrected chi connectivity index (χ1v) is 10.5. The van der Waals surface area contributed by atoms with Gasteiger partial charge in [-0.2, -0.15) is 0 Å². The summed E-state index contributed by atoms with van der Waals surface area (Å²) >= 11 is 0. The maximum atomic E-state index is 13.2. The molecule has 0 amide bonds. The van der Waals surface area contributed by atoms with Crippen molar-refractivity contribution in [2.24, 2.45) is 11.8 Å². The predicted molar refractivity (Wildman–Crippen MR) is 111 cm³/mol. The van der Waals surface area contributed by atoms with Crippen LogP contribution in [0.5, 0.6) is 17.2 Å². The zero-order chi connectivity index (χ0) is 22.2. The lowest BCUT2D eigenvalue weighted by Gasteiger charge is -2.50. The molecule has 0 unspecified atom stereocenters.